The van der Waals surface area contributed by atoms with E-state index in [1.807, 2.05) is 49.3 Å². The summed E-state index contributed by atoms with van der Waals surface area (Å²) in [6, 6.07) is 9.66. The highest BCUT2D eigenvalue weighted by Gasteiger charge is 2.37. The van der Waals surface area contributed by atoms with E-state index in [-0.39, 0.29) is 5.78 Å². The molecule has 0 amide bonds. The maximum Gasteiger partial charge on any atom is 0.183 e. The standard InChI is InChI=1S/C17H22N2O/c1-5-17(6-2,19(3)4)16(20)14-9-10-15-13(12-14)8-7-11-18-15/h7-12H,5-6H2,1-4H3. The molecule has 0 radical (unpaired) electrons. The van der Waals surface area contributed by atoms with Crippen molar-refractivity contribution < 1.29 is 4.79 Å². The summed E-state index contributed by atoms with van der Waals surface area (Å²) in [7, 11) is 3.96. The molecule has 3 heteroatoms. The van der Waals surface area contributed by atoms with E-state index < -0.39 is 5.54 Å². The topological polar surface area (TPSA) is 33.2 Å². The van der Waals surface area contributed by atoms with E-state index >= 15 is 0 Å². The highest BCUT2D eigenvalue weighted by atomic mass is 16.1. The highest BCUT2D eigenvalue weighted by Crippen LogP contribution is 2.27. The molecule has 0 atom stereocenters. The lowest BCUT2D eigenvalue weighted by Crippen LogP contribution is -2.50. The quantitative estimate of drug-likeness (QED) is 0.779. The number of carbonyl (C=O) groups excluding carboxylic acids is 1. The summed E-state index contributed by atoms with van der Waals surface area (Å²) in [6.07, 6.45) is 3.38. The van der Waals surface area contributed by atoms with Crippen molar-refractivity contribution in [1.82, 2.24) is 9.88 Å². The van der Waals surface area contributed by atoms with Gasteiger partial charge in [-0.1, -0.05) is 19.9 Å². The molecule has 3 nitrogen and oxygen atoms in total. The number of carbonyl (C=O) groups is 1. The van der Waals surface area contributed by atoms with Crippen LogP contribution >= 0.6 is 0 Å². The number of fused-ring (bicyclic) bond motifs is 1. The summed E-state index contributed by atoms with van der Waals surface area (Å²) in [5, 5.41) is 1.01. The molecule has 0 saturated carbocycles. The van der Waals surface area contributed by atoms with Crippen LogP contribution in [0.1, 0.15) is 37.0 Å². The zero-order chi connectivity index (χ0) is 14.8. The van der Waals surface area contributed by atoms with Crippen LogP contribution in [0, 0.1) is 0 Å². The second-order valence-corrected chi connectivity index (χ2v) is 5.37. The molecule has 106 valence electrons. The zero-order valence-corrected chi connectivity index (χ0v) is 12.7. The molecular weight excluding hydrogens is 248 g/mol. The van der Waals surface area contributed by atoms with Crippen molar-refractivity contribution in [2.75, 3.05) is 14.1 Å². The van der Waals surface area contributed by atoms with Gasteiger partial charge in [0, 0.05) is 17.1 Å². The van der Waals surface area contributed by atoms with Gasteiger partial charge in [-0.15, -0.1) is 0 Å². The number of nitrogens with zero attached hydrogens (tertiary/aromatic N) is 2. The van der Waals surface area contributed by atoms with Gasteiger partial charge in [0.2, 0.25) is 0 Å². The molecule has 1 aromatic carbocycles. The van der Waals surface area contributed by atoms with Gasteiger partial charge in [-0.25, -0.2) is 0 Å². The number of benzene rings is 1. The van der Waals surface area contributed by atoms with Gasteiger partial charge in [0.15, 0.2) is 5.78 Å². The molecule has 0 saturated heterocycles. The van der Waals surface area contributed by atoms with Crippen LogP contribution in [-0.4, -0.2) is 35.3 Å². The third kappa shape index (κ3) is 2.34. The number of ketones is 1. The normalized spacial score (nSPS) is 12.1. The van der Waals surface area contributed by atoms with Crippen LogP contribution in [0.3, 0.4) is 0 Å². The Kier molecular flexibility index (Phi) is 4.19. The molecule has 0 aliphatic carbocycles. The van der Waals surface area contributed by atoms with Gasteiger partial charge in [0.1, 0.15) is 0 Å². The van der Waals surface area contributed by atoms with Gasteiger partial charge in [0.25, 0.3) is 0 Å². The number of hydrogen-bond donors (Lipinski definition) is 0. The van der Waals surface area contributed by atoms with Crippen LogP contribution in [-0.2, 0) is 0 Å². The van der Waals surface area contributed by atoms with Crippen molar-refractivity contribution in [1.29, 1.82) is 0 Å². The van der Waals surface area contributed by atoms with Crippen molar-refractivity contribution in [2.45, 2.75) is 32.2 Å². The summed E-state index contributed by atoms with van der Waals surface area (Å²) >= 11 is 0. The fourth-order valence-corrected chi connectivity index (χ4v) is 2.89. The Bertz CT molecular complexity index is 615. The first-order chi connectivity index (χ1) is 9.55. The first kappa shape index (κ1) is 14.7. The molecule has 1 heterocycles. The Morgan fingerprint density at radius 1 is 1.20 bits per heavy atom. The first-order valence-corrected chi connectivity index (χ1v) is 7.12. The average molecular weight is 270 g/mol. The largest absolute Gasteiger partial charge is 0.297 e. The number of pyridine rings is 1. The highest BCUT2D eigenvalue weighted by molar-refractivity contribution is 6.05. The monoisotopic (exact) mass is 270 g/mol. The molecule has 2 rings (SSSR count). The Hall–Kier alpha value is -1.74. The molecule has 0 bridgehead atoms. The van der Waals surface area contributed by atoms with Crippen LogP contribution in [0.25, 0.3) is 10.9 Å². The Morgan fingerprint density at radius 3 is 2.50 bits per heavy atom. The molecule has 0 aliphatic rings. The number of Topliss-reactive ketones (excluding diaryl/α,β-unsaturated/α-hetero) is 1. The molecule has 2 aromatic rings. The molecule has 0 unspecified atom stereocenters. The van der Waals surface area contributed by atoms with Crippen molar-refractivity contribution >= 4 is 16.7 Å². The third-order valence-electron chi connectivity index (χ3n) is 4.31. The van der Waals surface area contributed by atoms with Gasteiger partial charge in [-0.05, 0) is 51.2 Å². The summed E-state index contributed by atoms with van der Waals surface area (Å²) < 4.78 is 0. The summed E-state index contributed by atoms with van der Waals surface area (Å²) in [4.78, 5) is 19.3. The van der Waals surface area contributed by atoms with E-state index in [0.29, 0.717) is 0 Å². The second-order valence-electron chi connectivity index (χ2n) is 5.37. The van der Waals surface area contributed by atoms with Crippen LogP contribution < -0.4 is 0 Å². The molecule has 1 aromatic heterocycles. The molecule has 0 fully saturated rings. The molecular formula is C17H22N2O. The maximum atomic E-state index is 13.0. The number of likely N-dealkylation sites (N-methyl/N-ethyl adjacent to an activating group) is 1. The van der Waals surface area contributed by atoms with E-state index in [2.05, 4.69) is 18.8 Å². The third-order valence-corrected chi connectivity index (χ3v) is 4.31. The predicted molar refractivity (Wildman–Crippen MR) is 83.1 cm³/mol. The second kappa shape index (κ2) is 5.71. The summed E-state index contributed by atoms with van der Waals surface area (Å²) in [5.41, 5.74) is 1.27. The van der Waals surface area contributed by atoms with Crippen molar-refractivity contribution in [3.05, 3.63) is 42.1 Å². The minimum Gasteiger partial charge on any atom is -0.297 e. The van der Waals surface area contributed by atoms with E-state index in [9.17, 15) is 4.79 Å². The van der Waals surface area contributed by atoms with Crippen LogP contribution in [0.2, 0.25) is 0 Å². The fourth-order valence-electron chi connectivity index (χ4n) is 2.89. The van der Waals surface area contributed by atoms with Crippen LogP contribution in [0.5, 0.6) is 0 Å². The lowest BCUT2D eigenvalue weighted by atomic mass is 9.83. The predicted octanol–water partition coefficient (Wildman–Crippen LogP) is 3.54. The van der Waals surface area contributed by atoms with Crippen molar-refractivity contribution in [3.8, 4) is 0 Å². The zero-order valence-electron chi connectivity index (χ0n) is 12.7. The van der Waals surface area contributed by atoms with Crippen LogP contribution in [0.4, 0.5) is 0 Å². The Labute approximate surface area is 120 Å². The van der Waals surface area contributed by atoms with E-state index in [1.54, 1.807) is 6.20 Å². The van der Waals surface area contributed by atoms with Gasteiger partial charge in [-0.3, -0.25) is 14.7 Å². The maximum absolute atomic E-state index is 13.0. The molecule has 0 N–H and O–H groups in total. The van der Waals surface area contributed by atoms with Gasteiger partial charge >= 0.3 is 0 Å². The van der Waals surface area contributed by atoms with E-state index in [1.165, 1.54) is 0 Å². The van der Waals surface area contributed by atoms with Gasteiger partial charge in [0.05, 0.1) is 11.1 Å². The molecule has 0 aliphatic heterocycles. The number of aromatic nitrogens is 1. The Balaban J connectivity index is 2.49. The smallest absolute Gasteiger partial charge is 0.183 e. The van der Waals surface area contributed by atoms with E-state index in [0.717, 1.165) is 29.3 Å². The van der Waals surface area contributed by atoms with Crippen molar-refractivity contribution in [2.24, 2.45) is 0 Å². The SMILES string of the molecule is CCC(CC)(C(=O)c1ccc2ncccc2c1)N(C)C. The lowest BCUT2D eigenvalue weighted by molar-refractivity contribution is 0.0656. The van der Waals surface area contributed by atoms with Crippen molar-refractivity contribution in [3.63, 3.8) is 0 Å². The minimum absolute atomic E-state index is 0.193. The summed E-state index contributed by atoms with van der Waals surface area (Å²) in [5.74, 6) is 0.193. The molecule has 0 spiro atoms. The minimum atomic E-state index is -0.421. The Morgan fingerprint density at radius 2 is 1.90 bits per heavy atom. The molecule has 20 heavy (non-hydrogen) atoms. The lowest BCUT2D eigenvalue weighted by Gasteiger charge is -2.37. The number of rotatable bonds is 5. The average Bonchev–Trinajstić information content (AvgIpc) is 2.48. The first-order valence-electron chi connectivity index (χ1n) is 7.12. The van der Waals surface area contributed by atoms with Gasteiger partial charge < -0.3 is 0 Å². The van der Waals surface area contributed by atoms with Gasteiger partial charge in [-0.2, -0.15) is 0 Å². The number of hydrogen-bond acceptors (Lipinski definition) is 3. The van der Waals surface area contributed by atoms with E-state index in [4.69, 9.17) is 0 Å². The fraction of sp³-hybridized carbons (Fsp3) is 0.412. The summed E-state index contributed by atoms with van der Waals surface area (Å²) in [6.45, 7) is 4.15. The van der Waals surface area contributed by atoms with Crippen LogP contribution in [0.15, 0.2) is 36.5 Å².